The number of carbonyl (C=O) groups excluding carboxylic acids is 2. The van der Waals surface area contributed by atoms with Crippen LogP contribution in [0.2, 0.25) is 0 Å². The van der Waals surface area contributed by atoms with Gasteiger partial charge in [0.25, 0.3) is 5.91 Å². The average molecular weight is 394 g/mol. The molecule has 0 radical (unpaired) electrons. The number of rotatable bonds is 5. The molecule has 10 heteroatoms. The molecule has 3 rings (SSSR count). The fraction of sp³-hybridized carbons (Fsp3) is 0.118. The predicted molar refractivity (Wildman–Crippen MR) is 92.8 cm³/mol. The normalized spacial score (nSPS) is 11.0. The van der Waals surface area contributed by atoms with Gasteiger partial charge in [0.05, 0.1) is 6.20 Å². The van der Waals surface area contributed by atoms with Gasteiger partial charge in [-0.05, 0) is 11.6 Å². The maximum Gasteiger partial charge on any atom is 0.317 e. The van der Waals surface area contributed by atoms with Crippen LogP contribution in [0.15, 0.2) is 53.7 Å². The van der Waals surface area contributed by atoms with Crippen LogP contribution in [0.5, 0.6) is 0 Å². The third kappa shape index (κ3) is 4.40. The number of pyridine rings is 1. The summed E-state index contributed by atoms with van der Waals surface area (Å²) in [5.74, 6) is -2.60. The molecule has 0 aliphatic carbocycles. The number of carbonyl (C=O) groups is 2. The molecule has 2 heterocycles. The van der Waals surface area contributed by atoms with Crippen LogP contribution in [0.25, 0.3) is 5.65 Å². The number of nitrogens with one attached hydrogen (secondary N) is 2. The van der Waals surface area contributed by atoms with Crippen molar-refractivity contribution in [2.75, 3.05) is 0 Å². The van der Waals surface area contributed by atoms with E-state index >= 15 is 0 Å². The second-order valence-corrected chi connectivity index (χ2v) is 6.43. The Morgan fingerprint density at radius 3 is 2.63 bits per heavy atom. The third-order valence-electron chi connectivity index (χ3n) is 3.51. The summed E-state index contributed by atoms with van der Waals surface area (Å²) in [6, 6.07) is 10.9. The van der Waals surface area contributed by atoms with E-state index in [1.165, 1.54) is 28.4 Å². The molecule has 0 unspecified atom stereocenters. The SMILES string of the molecule is O=C(NNC(=O)C(F)F)c1cnc2c(F)cc(SCc3ccccc3)cn12. The molecule has 1 aromatic carbocycles. The molecule has 2 aromatic heterocycles. The highest BCUT2D eigenvalue weighted by molar-refractivity contribution is 7.98. The first-order chi connectivity index (χ1) is 13.0. The van der Waals surface area contributed by atoms with E-state index in [0.717, 1.165) is 11.8 Å². The highest BCUT2D eigenvalue weighted by atomic mass is 32.2. The van der Waals surface area contributed by atoms with Gasteiger partial charge in [-0.25, -0.2) is 9.37 Å². The van der Waals surface area contributed by atoms with Crippen LogP contribution in [0.3, 0.4) is 0 Å². The molecule has 0 bridgehead atoms. The molecule has 3 aromatic rings. The molecule has 2 N–H and O–H groups in total. The lowest BCUT2D eigenvalue weighted by Crippen LogP contribution is -2.44. The van der Waals surface area contributed by atoms with Crippen molar-refractivity contribution in [3.05, 3.63) is 65.9 Å². The van der Waals surface area contributed by atoms with Crippen molar-refractivity contribution in [1.29, 1.82) is 0 Å². The molecule has 140 valence electrons. The largest absolute Gasteiger partial charge is 0.317 e. The van der Waals surface area contributed by atoms with Gasteiger partial charge < -0.3 is 0 Å². The zero-order valence-electron chi connectivity index (χ0n) is 13.7. The third-order valence-corrected chi connectivity index (χ3v) is 4.55. The Morgan fingerprint density at radius 2 is 1.93 bits per heavy atom. The summed E-state index contributed by atoms with van der Waals surface area (Å²) >= 11 is 1.36. The number of nitrogens with zero attached hydrogens (tertiary/aromatic N) is 2. The highest BCUT2D eigenvalue weighted by Crippen LogP contribution is 2.25. The van der Waals surface area contributed by atoms with Crippen LogP contribution in [-0.2, 0) is 10.5 Å². The summed E-state index contributed by atoms with van der Waals surface area (Å²) in [5.41, 5.74) is 4.27. The molecule has 0 saturated heterocycles. The average Bonchev–Trinajstić information content (AvgIpc) is 3.09. The van der Waals surface area contributed by atoms with Gasteiger partial charge in [0, 0.05) is 16.8 Å². The van der Waals surface area contributed by atoms with E-state index in [1.807, 2.05) is 35.8 Å². The van der Waals surface area contributed by atoms with Crippen molar-refractivity contribution >= 4 is 29.2 Å². The topological polar surface area (TPSA) is 75.5 Å². The number of fused-ring (bicyclic) bond motifs is 1. The number of amides is 2. The number of benzene rings is 1. The summed E-state index contributed by atoms with van der Waals surface area (Å²) in [4.78, 5) is 27.3. The van der Waals surface area contributed by atoms with E-state index in [9.17, 15) is 22.8 Å². The lowest BCUT2D eigenvalue weighted by Gasteiger charge is -2.08. The van der Waals surface area contributed by atoms with E-state index in [4.69, 9.17) is 0 Å². The lowest BCUT2D eigenvalue weighted by molar-refractivity contribution is -0.132. The zero-order valence-corrected chi connectivity index (χ0v) is 14.5. The smallest absolute Gasteiger partial charge is 0.292 e. The van der Waals surface area contributed by atoms with Gasteiger partial charge >= 0.3 is 12.3 Å². The van der Waals surface area contributed by atoms with Crippen molar-refractivity contribution in [3.8, 4) is 0 Å². The molecule has 0 atom stereocenters. The first-order valence-electron chi connectivity index (χ1n) is 7.67. The molecule has 0 saturated carbocycles. The van der Waals surface area contributed by atoms with Gasteiger partial charge in [0.2, 0.25) is 0 Å². The second-order valence-electron chi connectivity index (χ2n) is 5.38. The van der Waals surface area contributed by atoms with E-state index in [2.05, 4.69) is 4.98 Å². The molecule has 2 amide bonds. The summed E-state index contributed by atoms with van der Waals surface area (Å²) < 4.78 is 39.8. The number of hydrogen-bond acceptors (Lipinski definition) is 4. The minimum atomic E-state index is -3.27. The summed E-state index contributed by atoms with van der Waals surface area (Å²) in [5, 5.41) is 0. The Kier molecular flexibility index (Phi) is 5.65. The number of aromatic nitrogens is 2. The van der Waals surface area contributed by atoms with Gasteiger partial charge in [-0.3, -0.25) is 24.8 Å². The Balaban J connectivity index is 1.80. The maximum absolute atomic E-state index is 14.3. The van der Waals surface area contributed by atoms with Gasteiger partial charge in [0.15, 0.2) is 11.5 Å². The van der Waals surface area contributed by atoms with Crippen molar-refractivity contribution in [2.24, 2.45) is 0 Å². The molecule has 6 nitrogen and oxygen atoms in total. The number of halogens is 3. The predicted octanol–water partition coefficient (Wildman–Crippen LogP) is 2.79. The van der Waals surface area contributed by atoms with Crippen molar-refractivity contribution in [1.82, 2.24) is 20.2 Å². The molecule has 27 heavy (non-hydrogen) atoms. The fourth-order valence-corrected chi connectivity index (χ4v) is 3.14. The minimum absolute atomic E-state index is 0.0932. The monoisotopic (exact) mass is 394 g/mol. The van der Waals surface area contributed by atoms with Crippen LogP contribution in [0, 0.1) is 5.82 Å². The van der Waals surface area contributed by atoms with Crippen molar-refractivity contribution < 1.29 is 22.8 Å². The van der Waals surface area contributed by atoms with E-state index < -0.39 is 24.1 Å². The summed E-state index contributed by atoms with van der Waals surface area (Å²) in [7, 11) is 0. The van der Waals surface area contributed by atoms with Crippen molar-refractivity contribution in [2.45, 2.75) is 17.1 Å². The maximum atomic E-state index is 14.3. The molecule has 0 spiro atoms. The highest BCUT2D eigenvalue weighted by Gasteiger charge is 2.19. The molecular weight excluding hydrogens is 381 g/mol. The molecular formula is C17H13F3N4O2S. The van der Waals surface area contributed by atoms with Gasteiger partial charge in [-0.15, -0.1) is 11.8 Å². The van der Waals surface area contributed by atoms with Crippen LogP contribution in [0.4, 0.5) is 13.2 Å². The van der Waals surface area contributed by atoms with Crippen LogP contribution < -0.4 is 10.9 Å². The number of hydrogen-bond donors (Lipinski definition) is 2. The van der Waals surface area contributed by atoms with E-state index in [1.54, 1.807) is 5.43 Å². The van der Waals surface area contributed by atoms with Crippen LogP contribution in [-0.4, -0.2) is 27.6 Å². The number of alkyl halides is 2. The Bertz CT molecular complexity index is 979. The molecule has 0 aliphatic heterocycles. The van der Waals surface area contributed by atoms with Crippen molar-refractivity contribution in [3.63, 3.8) is 0 Å². The number of hydrazine groups is 1. The van der Waals surface area contributed by atoms with Crippen LogP contribution >= 0.6 is 11.8 Å². The van der Waals surface area contributed by atoms with Gasteiger partial charge in [-0.1, -0.05) is 30.3 Å². The molecule has 0 aliphatic rings. The zero-order chi connectivity index (χ0) is 19.4. The Hall–Kier alpha value is -3.01. The minimum Gasteiger partial charge on any atom is -0.292 e. The fourth-order valence-electron chi connectivity index (χ4n) is 2.25. The van der Waals surface area contributed by atoms with Gasteiger partial charge in [0.1, 0.15) is 5.69 Å². The van der Waals surface area contributed by atoms with Gasteiger partial charge in [-0.2, -0.15) is 8.78 Å². The van der Waals surface area contributed by atoms with E-state index in [0.29, 0.717) is 10.6 Å². The Labute approximate surface area is 155 Å². The lowest BCUT2D eigenvalue weighted by atomic mass is 10.2. The van der Waals surface area contributed by atoms with E-state index in [-0.39, 0.29) is 11.3 Å². The first-order valence-corrected chi connectivity index (χ1v) is 8.66. The number of imidazole rings is 1. The first kappa shape index (κ1) is 18.8. The summed E-state index contributed by atoms with van der Waals surface area (Å²) in [6.07, 6.45) is -0.664. The quantitative estimate of drug-likeness (QED) is 0.516. The second kappa shape index (κ2) is 8.12. The number of thioether (sulfide) groups is 1. The summed E-state index contributed by atoms with van der Waals surface area (Å²) in [6.45, 7) is 0. The standard InChI is InChI=1S/C17H13F3N4O2S/c18-12-6-11(27-9-10-4-2-1-3-5-10)8-24-13(7-21-15(12)24)16(25)22-23-17(26)14(19)20/h1-8,14H,9H2,(H,22,25)(H,23,26). The van der Waals surface area contributed by atoms with Crippen LogP contribution in [0.1, 0.15) is 16.1 Å². The molecule has 0 fully saturated rings. The Morgan fingerprint density at radius 1 is 1.19 bits per heavy atom.